The summed E-state index contributed by atoms with van der Waals surface area (Å²) in [5, 5.41) is 3.03. The van der Waals surface area contributed by atoms with Crippen molar-refractivity contribution >= 4 is 33.6 Å². The van der Waals surface area contributed by atoms with Crippen LogP contribution in [0.2, 0.25) is 0 Å². The summed E-state index contributed by atoms with van der Waals surface area (Å²) in [6.45, 7) is 5.96. The normalized spacial score (nSPS) is 22.0. The number of nitrogens with one attached hydrogen (secondary N) is 2. The number of carbonyl (C=O) groups excluding carboxylic acids is 1. The largest absolute Gasteiger partial charge is 0.350 e. The van der Waals surface area contributed by atoms with E-state index in [1.807, 2.05) is 12.1 Å². The van der Waals surface area contributed by atoms with Gasteiger partial charge in [0.15, 0.2) is 6.54 Å². The Morgan fingerprint density at radius 3 is 2.67 bits per heavy atom. The highest BCUT2D eigenvalue weighted by Gasteiger charge is 2.20. The van der Waals surface area contributed by atoms with Crippen molar-refractivity contribution in [2.75, 3.05) is 31.9 Å². The second-order valence-corrected chi connectivity index (χ2v) is 7.85. The third-order valence-corrected chi connectivity index (χ3v) is 5.44. The molecule has 0 unspecified atom stereocenters. The Morgan fingerprint density at radius 1 is 1.33 bits per heavy atom. The lowest BCUT2D eigenvalue weighted by molar-refractivity contribution is -0.898. The van der Waals surface area contributed by atoms with Gasteiger partial charge in [-0.1, -0.05) is 22.9 Å². The van der Waals surface area contributed by atoms with E-state index in [2.05, 4.69) is 40.3 Å². The van der Waals surface area contributed by atoms with Crippen molar-refractivity contribution in [1.29, 1.82) is 0 Å². The molecule has 0 radical (unpaired) electrons. The maximum Gasteiger partial charge on any atom is 0.275 e. The van der Waals surface area contributed by atoms with Gasteiger partial charge >= 0.3 is 0 Å². The number of benzene rings is 1. The Hall–Kier alpha value is -0.520. The molecule has 0 aromatic heterocycles. The fourth-order valence-electron chi connectivity index (χ4n) is 2.53. The molecule has 2 N–H and O–H groups in total. The van der Waals surface area contributed by atoms with Crippen LogP contribution in [-0.2, 0) is 4.79 Å². The number of amides is 1. The fraction of sp³-hybridized carbons (Fsp3) is 0.562. The number of hydrogen-bond donors (Lipinski definition) is 2. The van der Waals surface area contributed by atoms with Gasteiger partial charge in [-0.3, -0.25) is 4.79 Å². The van der Waals surface area contributed by atoms with E-state index >= 15 is 0 Å². The summed E-state index contributed by atoms with van der Waals surface area (Å²) >= 11 is 5.20. The topological polar surface area (TPSA) is 33.5 Å². The first-order valence-corrected chi connectivity index (χ1v) is 9.40. The summed E-state index contributed by atoms with van der Waals surface area (Å²) in [4.78, 5) is 14.6. The monoisotopic (exact) mass is 371 g/mol. The molecule has 0 aliphatic carbocycles. The quantitative estimate of drug-likeness (QED) is 0.592. The molecular formula is C16H24BrN2OS+. The second kappa shape index (κ2) is 8.81. The van der Waals surface area contributed by atoms with Gasteiger partial charge < -0.3 is 10.2 Å². The van der Waals surface area contributed by atoms with Gasteiger partial charge in [-0.25, -0.2) is 0 Å². The van der Waals surface area contributed by atoms with E-state index in [9.17, 15) is 4.79 Å². The minimum atomic E-state index is 0.191. The van der Waals surface area contributed by atoms with Gasteiger partial charge in [-0.2, -0.15) is 0 Å². The van der Waals surface area contributed by atoms with Gasteiger partial charge in [-0.05, 0) is 43.0 Å². The molecule has 0 saturated carbocycles. The predicted octanol–water partition coefficient (Wildman–Crippen LogP) is 1.97. The molecule has 1 aliphatic rings. The number of hydrogen-bond acceptors (Lipinski definition) is 2. The summed E-state index contributed by atoms with van der Waals surface area (Å²) in [6.07, 6.45) is 2.50. The molecule has 1 heterocycles. The van der Waals surface area contributed by atoms with Crippen LogP contribution in [0.4, 0.5) is 0 Å². The van der Waals surface area contributed by atoms with Crippen molar-refractivity contribution in [1.82, 2.24) is 5.32 Å². The molecule has 21 heavy (non-hydrogen) atoms. The molecule has 3 nitrogen and oxygen atoms in total. The van der Waals surface area contributed by atoms with Crippen LogP contribution in [0.25, 0.3) is 0 Å². The third-order valence-electron chi connectivity index (χ3n) is 3.90. The zero-order chi connectivity index (χ0) is 15.1. The van der Waals surface area contributed by atoms with E-state index in [0.29, 0.717) is 6.54 Å². The van der Waals surface area contributed by atoms with Crippen LogP contribution < -0.4 is 10.2 Å². The average molecular weight is 372 g/mol. The van der Waals surface area contributed by atoms with E-state index < -0.39 is 0 Å². The van der Waals surface area contributed by atoms with Crippen molar-refractivity contribution in [2.24, 2.45) is 5.92 Å². The molecule has 5 heteroatoms. The van der Waals surface area contributed by atoms with E-state index in [1.54, 1.807) is 11.8 Å². The van der Waals surface area contributed by atoms with E-state index in [0.717, 1.165) is 35.8 Å². The molecule has 0 atom stereocenters. The third kappa shape index (κ3) is 6.41. The molecule has 0 bridgehead atoms. The molecule has 1 aromatic rings. The maximum atomic E-state index is 11.9. The van der Waals surface area contributed by atoms with Crippen LogP contribution in [0.15, 0.2) is 33.6 Å². The minimum Gasteiger partial charge on any atom is -0.350 e. The van der Waals surface area contributed by atoms with Crippen LogP contribution in [0, 0.1) is 5.92 Å². The summed E-state index contributed by atoms with van der Waals surface area (Å²) in [5.41, 5.74) is 0. The van der Waals surface area contributed by atoms with Crippen molar-refractivity contribution in [3.8, 4) is 0 Å². The Balaban J connectivity index is 1.58. The summed E-state index contributed by atoms with van der Waals surface area (Å²) in [5.74, 6) is 1.94. The zero-order valence-electron chi connectivity index (χ0n) is 12.5. The smallest absolute Gasteiger partial charge is 0.275 e. The second-order valence-electron chi connectivity index (χ2n) is 5.76. The molecule has 0 spiro atoms. The Labute approximate surface area is 140 Å². The lowest BCUT2D eigenvalue weighted by atomic mass is 9.99. The van der Waals surface area contributed by atoms with Crippen molar-refractivity contribution in [3.05, 3.63) is 28.7 Å². The van der Waals surface area contributed by atoms with Crippen LogP contribution in [0.3, 0.4) is 0 Å². The highest BCUT2D eigenvalue weighted by atomic mass is 79.9. The zero-order valence-corrected chi connectivity index (χ0v) is 14.9. The first-order valence-electron chi connectivity index (χ1n) is 7.62. The number of rotatable bonds is 6. The van der Waals surface area contributed by atoms with Gasteiger partial charge in [0, 0.05) is 21.7 Å². The average Bonchev–Trinajstić information content (AvgIpc) is 2.48. The predicted molar refractivity (Wildman–Crippen MR) is 91.8 cm³/mol. The molecule has 1 aromatic carbocycles. The number of halogens is 1. The Kier molecular flexibility index (Phi) is 7.07. The molecule has 2 rings (SSSR count). The van der Waals surface area contributed by atoms with Crippen LogP contribution in [-0.4, -0.2) is 37.8 Å². The number of piperidine rings is 1. The summed E-state index contributed by atoms with van der Waals surface area (Å²) in [6, 6.07) is 8.27. The number of thioether (sulfide) groups is 1. The van der Waals surface area contributed by atoms with Crippen molar-refractivity contribution in [2.45, 2.75) is 24.7 Å². The Morgan fingerprint density at radius 2 is 2.00 bits per heavy atom. The van der Waals surface area contributed by atoms with Crippen LogP contribution >= 0.6 is 27.7 Å². The first-order chi connectivity index (χ1) is 10.1. The number of likely N-dealkylation sites (tertiary alicyclic amines) is 1. The van der Waals surface area contributed by atoms with Gasteiger partial charge in [0.2, 0.25) is 0 Å². The van der Waals surface area contributed by atoms with Crippen molar-refractivity contribution < 1.29 is 9.69 Å². The van der Waals surface area contributed by atoms with E-state index in [-0.39, 0.29) is 5.91 Å². The van der Waals surface area contributed by atoms with Gasteiger partial charge in [0.1, 0.15) is 0 Å². The van der Waals surface area contributed by atoms with Gasteiger partial charge in [-0.15, -0.1) is 11.8 Å². The summed E-state index contributed by atoms with van der Waals surface area (Å²) in [7, 11) is 0. The summed E-state index contributed by atoms with van der Waals surface area (Å²) < 4.78 is 1.10. The fourth-order valence-corrected chi connectivity index (χ4v) is 3.56. The van der Waals surface area contributed by atoms with E-state index in [1.165, 1.54) is 22.6 Å². The highest BCUT2D eigenvalue weighted by Crippen LogP contribution is 2.19. The number of carbonyl (C=O) groups is 1. The molecule has 1 amide bonds. The van der Waals surface area contributed by atoms with Crippen LogP contribution in [0.5, 0.6) is 0 Å². The SMILES string of the molecule is CC1CC[NH+](CC(=O)NCCSc2ccc(Br)cc2)CC1. The standard InChI is InChI=1S/C16H23BrN2OS/c1-13-6-9-19(10-7-13)12-16(20)18-8-11-21-15-4-2-14(17)3-5-15/h2-5,13H,6-12H2,1H3,(H,18,20)/p+1. The first kappa shape index (κ1) is 16.8. The van der Waals surface area contributed by atoms with Crippen LogP contribution in [0.1, 0.15) is 19.8 Å². The molecule has 116 valence electrons. The molecule has 1 fully saturated rings. The highest BCUT2D eigenvalue weighted by molar-refractivity contribution is 9.10. The minimum absolute atomic E-state index is 0.191. The number of quaternary nitrogens is 1. The van der Waals surface area contributed by atoms with Gasteiger partial charge in [0.05, 0.1) is 13.1 Å². The lowest BCUT2D eigenvalue weighted by Crippen LogP contribution is -3.14. The maximum absolute atomic E-state index is 11.9. The Bertz CT molecular complexity index is 444. The van der Waals surface area contributed by atoms with Gasteiger partial charge in [0.25, 0.3) is 5.91 Å². The molecule has 1 saturated heterocycles. The van der Waals surface area contributed by atoms with Crippen molar-refractivity contribution in [3.63, 3.8) is 0 Å². The lowest BCUT2D eigenvalue weighted by Gasteiger charge is -2.26. The van der Waals surface area contributed by atoms with E-state index in [4.69, 9.17) is 0 Å². The molecule has 1 aliphatic heterocycles. The molecular weight excluding hydrogens is 348 g/mol.